The van der Waals surface area contributed by atoms with Gasteiger partial charge in [0.2, 0.25) is 5.95 Å². The second kappa shape index (κ2) is 3.63. The molecule has 0 bridgehead atoms. The Balaban J connectivity index is 2.29. The van der Waals surface area contributed by atoms with Crippen LogP contribution < -0.4 is 11.3 Å². The Morgan fingerprint density at radius 3 is 3.07 bits per heavy atom. The molecule has 0 unspecified atom stereocenters. The van der Waals surface area contributed by atoms with E-state index >= 15 is 0 Å². The van der Waals surface area contributed by atoms with Crippen LogP contribution in [-0.4, -0.2) is 9.97 Å². The van der Waals surface area contributed by atoms with E-state index in [0.29, 0.717) is 12.1 Å². The van der Waals surface area contributed by atoms with E-state index in [9.17, 15) is 4.79 Å². The molecule has 72 valence electrons. The summed E-state index contributed by atoms with van der Waals surface area (Å²) in [6, 6.07) is 5.44. The van der Waals surface area contributed by atoms with Gasteiger partial charge in [0.15, 0.2) is 0 Å². The summed E-state index contributed by atoms with van der Waals surface area (Å²) in [5, 5.41) is 1.99. The van der Waals surface area contributed by atoms with Crippen molar-refractivity contribution in [3.63, 3.8) is 0 Å². The molecule has 0 fully saturated rings. The molecule has 3 N–H and O–H groups in total. The van der Waals surface area contributed by atoms with E-state index in [1.807, 2.05) is 17.5 Å². The fourth-order valence-corrected chi connectivity index (χ4v) is 1.93. The lowest BCUT2D eigenvalue weighted by Crippen LogP contribution is -2.11. The number of nitrogen functional groups attached to an aromatic ring is 1. The van der Waals surface area contributed by atoms with Gasteiger partial charge in [-0.05, 0) is 11.4 Å². The van der Waals surface area contributed by atoms with E-state index in [0.717, 1.165) is 0 Å². The zero-order valence-corrected chi connectivity index (χ0v) is 8.17. The van der Waals surface area contributed by atoms with Crippen LogP contribution in [0, 0.1) is 0 Å². The van der Waals surface area contributed by atoms with E-state index in [1.165, 1.54) is 10.9 Å². The van der Waals surface area contributed by atoms with Crippen LogP contribution in [0.25, 0.3) is 0 Å². The topological polar surface area (TPSA) is 71.8 Å². The molecule has 0 aromatic carbocycles. The molecular formula is C9H9N3OS. The smallest absolute Gasteiger partial charge is 0.252 e. The minimum Gasteiger partial charge on any atom is -0.369 e. The largest absolute Gasteiger partial charge is 0.369 e. The number of nitrogens with one attached hydrogen (secondary N) is 1. The van der Waals surface area contributed by atoms with Crippen LogP contribution in [0.2, 0.25) is 0 Å². The molecule has 14 heavy (non-hydrogen) atoms. The van der Waals surface area contributed by atoms with Crippen molar-refractivity contribution in [1.82, 2.24) is 9.97 Å². The van der Waals surface area contributed by atoms with Crippen LogP contribution in [0.5, 0.6) is 0 Å². The summed E-state index contributed by atoms with van der Waals surface area (Å²) < 4.78 is 0. The SMILES string of the molecule is Nc1nc(Cc2cccs2)cc(=O)[nH]1. The molecule has 0 spiro atoms. The molecule has 5 heteroatoms. The number of H-pyrrole nitrogens is 1. The number of nitrogens with zero attached hydrogens (tertiary/aromatic N) is 1. The molecule has 2 aromatic rings. The van der Waals surface area contributed by atoms with Crippen LogP contribution >= 0.6 is 11.3 Å². The predicted octanol–water partition coefficient (Wildman–Crippen LogP) is 1.00. The summed E-state index contributed by atoms with van der Waals surface area (Å²) in [6.45, 7) is 0. The van der Waals surface area contributed by atoms with Crippen molar-refractivity contribution in [2.75, 3.05) is 5.73 Å². The minimum absolute atomic E-state index is 0.170. The standard InChI is InChI=1S/C9H9N3OS/c10-9-11-6(5-8(13)12-9)4-7-2-1-3-14-7/h1-3,5H,4H2,(H3,10,11,12,13). The third-order valence-corrected chi connectivity index (χ3v) is 2.62. The molecule has 0 radical (unpaired) electrons. The molecule has 2 rings (SSSR count). The van der Waals surface area contributed by atoms with Crippen molar-refractivity contribution in [2.45, 2.75) is 6.42 Å². The Morgan fingerprint density at radius 1 is 1.57 bits per heavy atom. The predicted molar refractivity (Wildman–Crippen MR) is 56.4 cm³/mol. The molecule has 0 saturated heterocycles. The van der Waals surface area contributed by atoms with E-state index in [2.05, 4.69) is 9.97 Å². The minimum atomic E-state index is -0.205. The van der Waals surface area contributed by atoms with Crippen molar-refractivity contribution in [3.8, 4) is 0 Å². The van der Waals surface area contributed by atoms with E-state index in [1.54, 1.807) is 11.3 Å². The number of anilines is 1. The van der Waals surface area contributed by atoms with Crippen LogP contribution in [0.4, 0.5) is 5.95 Å². The molecule has 0 saturated carbocycles. The van der Waals surface area contributed by atoms with Gasteiger partial charge in [-0.3, -0.25) is 9.78 Å². The first-order chi connectivity index (χ1) is 6.74. The maximum atomic E-state index is 11.1. The summed E-state index contributed by atoms with van der Waals surface area (Å²) in [6.07, 6.45) is 0.659. The van der Waals surface area contributed by atoms with Crippen molar-refractivity contribution < 1.29 is 0 Å². The van der Waals surface area contributed by atoms with Gasteiger partial charge >= 0.3 is 0 Å². The number of aromatic nitrogens is 2. The van der Waals surface area contributed by atoms with Crippen LogP contribution in [0.3, 0.4) is 0 Å². The maximum Gasteiger partial charge on any atom is 0.252 e. The van der Waals surface area contributed by atoms with E-state index in [4.69, 9.17) is 5.73 Å². The summed E-state index contributed by atoms with van der Waals surface area (Å²) in [7, 11) is 0. The molecule has 2 heterocycles. The number of hydrogen-bond donors (Lipinski definition) is 2. The van der Waals surface area contributed by atoms with E-state index < -0.39 is 0 Å². The highest BCUT2D eigenvalue weighted by Gasteiger charge is 2.00. The molecular weight excluding hydrogens is 198 g/mol. The lowest BCUT2D eigenvalue weighted by Gasteiger charge is -1.98. The maximum absolute atomic E-state index is 11.1. The van der Waals surface area contributed by atoms with Gasteiger partial charge in [0.1, 0.15) is 0 Å². The summed E-state index contributed by atoms with van der Waals surface area (Å²) in [5.41, 5.74) is 5.92. The second-order valence-electron chi connectivity index (χ2n) is 2.88. The van der Waals surface area contributed by atoms with Gasteiger partial charge in [-0.2, -0.15) is 0 Å². The van der Waals surface area contributed by atoms with Crippen molar-refractivity contribution in [1.29, 1.82) is 0 Å². The van der Waals surface area contributed by atoms with Crippen molar-refractivity contribution in [3.05, 3.63) is 44.5 Å². The van der Waals surface area contributed by atoms with Crippen LogP contribution in [0.1, 0.15) is 10.6 Å². The summed E-state index contributed by atoms with van der Waals surface area (Å²) >= 11 is 1.64. The van der Waals surface area contributed by atoms with Gasteiger partial charge in [0, 0.05) is 17.4 Å². The molecule has 0 aliphatic rings. The summed E-state index contributed by atoms with van der Waals surface area (Å²) in [4.78, 5) is 18.7. The average molecular weight is 207 g/mol. The third-order valence-electron chi connectivity index (χ3n) is 1.75. The first-order valence-electron chi connectivity index (χ1n) is 4.12. The fourth-order valence-electron chi connectivity index (χ4n) is 1.21. The van der Waals surface area contributed by atoms with Gasteiger partial charge < -0.3 is 5.73 Å². The Morgan fingerprint density at radius 2 is 2.43 bits per heavy atom. The van der Waals surface area contributed by atoms with Crippen LogP contribution in [-0.2, 0) is 6.42 Å². The lowest BCUT2D eigenvalue weighted by atomic mass is 10.2. The molecule has 0 aliphatic heterocycles. The highest BCUT2D eigenvalue weighted by atomic mass is 32.1. The normalized spacial score (nSPS) is 10.3. The van der Waals surface area contributed by atoms with Crippen molar-refractivity contribution >= 4 is 17.3 Å². The number of thiophene rings is 1. The number of nitrogens with two attached hydrogens (primary N) is 1. The number of aromatic amines is 1. The molecule has 4 nitrogen and oxygen atoms in total. The second-order valence-corrected chi connectivity index (χ2v) is 3.91. The van der Waals surface area contributed by atoms with Gasteiger partial charge in [-0.15, -0.1) is 11.3 Å². The quantitative estimate of drug-likeness (QED) is 0.771. The van der Waals surface area contributed by atoms with Gasteiger partial charge in [-0.25, -0.2) is 4.98 Å². The monoisotopic (exact) mass is 207 g/mol. The summed E-state index contributed by atoms with van der Waals surface area (Å²) in [5.74, 6) is 0.170. The fraction of sp³-hybridized carbons (Fsp3) is 0.111. The van der Waals surface area contributed by atoms with Gasteiger partial charge in [0.25, 0.3) is 5.56 Å². The first kappa shape index (κ1) is 8.96. The lowest BCUT2D eigenvalue weighted by molar-refractivity contribution is 1.03. The number of rotatable bonds is 2. The van der Waals surface area contributed by atoms with E-state index in [-0.39, 0.29) is 11.5 Å². The Hall–Kier alpha value is -1.62. The Kier molecular flexibility index (Phi) is 2.32. The van der Waals surface area contributed by atoms with Crippen molar-refractivity contribution in [2.24, 2.45) is 0 Å². The Labute approximate surface area is 84.4 Å². The molecule has 0 aliphatic carbocycles. The molecule has 0 atom stereocenters. The zero-order valence-electron chi connectivity index (χ0n) is 7.36. The third kappa shape index (κ3) is 2.00. The highest BCUT2D eigenvalue weighted by molar-refractivity contribution is 7.09. The molecule has 0 amide bonds. The highest BCUT2D eigenvalue weighted by Crippen LogP contribution is 2.12. The van der Waals surface area contributed by atoms with Gasteiger partial charge in [0.05, 0.1) is 5.69 Å². The van der Waals surface area contributed by atoms with Crippen LogP contribution in [0.15, 0.2) is 28.4 Å². The Bertz CT molecular complexity index is 475. The first-order valence-corrected chi connectivity index (χ1v) is 5.00. The number of hydrogen-bond acceptors (Lipinski definition) is 4. The average Bonchev–Trinajstić information content (AvgIpc) is 2.54. The van der Waals surface area contributed by atoms with Gasteiger partial charge in [-0.1, -0.05) is 6.07 Å². The zero-order chi connectivity index (χ0) is 9.97. The molecule has 2 aromatic heterocycles.